The summed E-state index contributed by atoms with van der Waals surface area (Å²) in [6, 6.07) is 26.1. The molecule has 162 valence electrons. The van der Waals surface area contributed by atoms with Crippen molar-refractivity contribution in [3.8, 4) is 0 Å². The zero-order valence-corrected chi connectivity index (χ0v) is 18.7. The SMILES string of the molecule is O=C(c1ccc(Cl)cc1)c1ccc(N[N+](=O)c2ccc(C(=O)c3ccc(Cl)cc3)cc2)cc1. The maximum atomic E-state index is 12.6. The van der Waals surface area contributed by atoms with Crippen LogP contribution in [0.4, 0.5) is 11.4 Å². The average molecular weight is 476 g/mol. The predicted octanol–water partition coefficient (Wildman–Crippen LogP) is 6.89. The summed E-state index contributed by atoms with van der Waals surface area (Å²) in [5.41, 5.74) is 5.53. The summed E-state index contributed by atoms with van der Waals surface area (Å²) < 4.78 is 0. The molecule has 0 unspecified atom stereocenters. The van der Waals surface area contributed by atoms with Crippen LogP contribution in [0.2, 0.25) is 10.0 Å². The van der Waals surface area contributed by atoms with E-state index in [9.17, 15) is 14.5 Å². The molecule has 0 aliphatic rings. The molecule has 0 fully saturated rings. The summed E-state index contributed by atoms with van der Waals surface area (Å²) in [6.07, 6.45) is 0. The molecule has 0 aliphatic carbocycles. The number of carbonyl (C=O) groups is 2. The number of nitrogens with one attached hydrogen (secondary N) is 1. The Balaban J connectivity index is 1.41. The molecule has 1 N–H and O–H groups in total. The van der Waals surface area contributed by atoms with E-state index in [4.69, 9.17) is 23.2 Å². The summed E-state index contributed by atoms with van der Waals surface area (Å²) in [6.45, 7) is 0. The number of rotatable bonds is 7. The molecule has 0 spiro atoms. The van der Waals surface area contributed by atoms with Gasteiger partial charge in [0.2, 0.25) is 0 Å². The Morgan fingerprint density at radius 2 is 0.879 bits per heavy atom. The smallest absolute Gasteiger partial charge is 0.289 e. The molecule has 0 aliphatic heterocycles. The van der Waals surface area contributed by atoms with Gasteiger partial charge < -0.3 is 0 Å². The molecule has 5 nitrogen and oxygen atoms in total. The quantitative estimate of drug-likeness (QED) is 0.179. The van der Waals surface area contributed by atoms with E-state index in [0.29, 0.717) is 48.5 Å². The summed E-state index contributed by atoms with van der Waals surface area (Å²) in [5.74, 6) is -0.303. The predicted molar refractivity (Wildman–Crippen MR) is 130 cm³/mol. The number of carbonyl (C=O) groups excluding carboxylic acids is 2. The molecular formula is C26H17Cl2N2O3+. The van der Waals surface area contributed by atoms with Crippen LogP contribution in [0.15, 0.2) is 97.1 Å². The first-order chi connectivity index (χ1) is 15.9. The van der Waals surface area contributed by atoms with E-state index < -0.39 is 0 Å². The lowest BCUT2D eigenvalue weighted by Gasteiger charge is -2.03. The lowest BCUT2D eigenvalue weighted by atomic mass is 10.0. The number of hydrogen-bond acceptors (Lipinski definition) is 3. The number of hydrogen-bond donors (Lipinski definition) is 1. The van der Waals surface area contributed by atoms with Crippen LogP contribution in [0.5, 0.6) is 0 Å². The lowest BCUT2D eigenvalue weighted by molar-refractivity contribution is -0.427. The second kappa shape index (κ2) is 9.77. The third-order valence-electron chi connectivity index (χ3n) is 4.95. The van der Waals surface area contributed by atoms with Gasteiger partial charge in [0.25, 0.3) is 5.69 Å². The van der Waals surface area contributed by atoms with Crippen molar-refractivity contribution in [3.63, 3.8) is 0 Å². The maximum Gasteiger partial charge on any atom is 0.292 e. The monoisotopic (exact) mass is 475 g/mol. The Morgan fingerprint density at radius 3 is 1.27 bits per heavy atom. The first-order valence-electron chi connectivity index (χ1n) is 9.95. The number of nitrogens with zero attached hydrogens (tertiary/aromatic N) is 1. The standard InChI is InChI=1S/C26H16Cl2N2O3/c27-21-9-1-17(2-10-21)25(31)19-5-13-23(14-6-19)29-30(33)24-15-7-20(8-16-24)26(32)18-3-11-22(28)12-4-18/h1-16H/p+1. The van der Waals surface area contributed by atoms with Crippen molar-refractivity contribution in [1.82, 2.24) is 0 Å². The van der Waals surface area contributed by atoms with E-state index in [0.717, 1.165) is 0 Å². The molecule has 4 aromatic carbocycles. The van der Waals surface area contributed by atoms with Gasteiger partial charge in [-0.05, 0) is 84.9 Å². The van der Waals surface area contributed by atoms with Crippen molar-refractivity contribution < 1.29 is 14.5 Å². The minimum atomic E-state index is -0.162. The fourth-order valence-electron chi connectivity index (χ4n) is 3.16. The van der Waals surface area contributed by atoms with E-state index in [1.165, 1.54) is 0 Å². The van der Waals surface area contributed by atoms with E-state index in [2.05, 4.69) is 5.43 Å². The highest BCUT2D eigenvalue weighted by Gasteiger charge is 2.17. The van der Waals surface area contributed by atoms with Gasteiger partial charge in [-0.15, -0.1) is 5.43 Å². The summed E-state index contributed by atoms with van der Waals surface area (Å²) in [5, 5.41) is 1.11. The molecule has 0 amide bonds. The highest BCUT2D eigenvalue weighted by atomic mass is 35.5. The van der Waals surface area contributed by atoms with Crippen molar-refractivity contribution in [2.24, 2.45) is 0 Å². The molecule has 0 radical (unpaired) electrons. The summed E-state index contributed by atoms with van der Waals surface area (Å²) >= 11 is 11.7. The number of halogens is 2. The van der Waals surface area contributed by atoms with Crippen LogP contribution in [0, 0.1) is 4.91 Å². The van der Waals surface area contributed by atoms with Gasteiger partial charge in [-0.3, -0.25) is 9.59 Å². The van der Waals surface area contributed by atoms with Crippen molar-refractivity contribution in [3.05, 3.63) is 134 Å². The number of hydrazine groups is 1. The molecular weight excluding hydrogens is 459 g/mol. The second-order valence-electron chi connectivity index (χ2n) is 7.20. The molecule has 33 heavy (non-hydrogen) atoms. The van der Waals surface area contributed by atoms with Gasteiger partial charge in [0.15, 0.2) is 16.4 Å². The normalized spacial score (nSPS) is 10.5. The molecule has 7 heteroatoms. The highest BCUT2D eigenvalue weighted by molar-refractivity contribution is 6.31. The van der Waals surface area contributed by atoms with Crippen molar-refractivity contribution in [2.45, 2.75) is 0 Å². The van der Waals surface area contributed by atoms with Crippen LogP contribution in [0.3, 0.4) is 0 Å². The summed E-state index contributed by atoms with van der Waals surface area (Å²) in [7, 11) is 0. The van der Waals surface area contributed by atoms with Crippen LogP contribution in [-0.2, 0) is 0 Å². The van der Waals surface area contributed by atoms with Crippen LogP contribution < -0.4 is 5.43 Å². The Kier molecular flexibility index (Phi) is 6.63. The zero-order chi connectivity index (χ0) is 23.4. The number of nitroso groups, excluding NO2 is 1. The molecule has 0 saturated heterocycles. The molecule has 0 aromatic heterocycles. The number of anilines is 1. The Bertz CT molecular complexity index is 1320. The lowest BCUT2D eigenvalue weighted by Crippen LogP contribution is -2.11. The molecule has 4 rings (SSSR count). The first kappa shape index (κ1) is 22.4. The molecule has 4 aromatic rings. The van der Waals surface area contributed by atoms with Crippen LogP contribution in [-0.4, -0.2) is 16.4 Å². The molecule has 0 saturated carbocycles. The highest BCUT2D eigenvalue weighted by Crippen LogP contribution is 2.20. The van der Waals surface area contributed by atoms with E-state index in [-0.39, 0.29) is 11.6 Å². The van der Waals surface area contributed by atoms with Crippen molar-refractivity contribution >= 4 is 46.1 Å². The Hall–Kier alpha value is -3.80. The molecule has 0 bridgehead atoms. The van der Waals surface area contributed by atoms with Gasteiger partial charge >= 0.3 is 0 Å². The van der Waals surface area contributed by atoms with Crippen LogP contribution in [0.1, 0.15) is 31.8 Å². The van der Waals surface area contributed by atoms with Gasteiger partial charge in [-0.1, -0.05) is 23.2 Å². The van der Waals surface area contributed by atoms with E-state index in [1.54, 1.807) is 97.1 Å². The van der Waals surface area contributed by atoms with E-state index in [1.807, 2.05) is 0 Å². The minimum absolute atomic E-state index is 0.141. The fourth-order valence-corrected chi connectivity index (χ4v) is 3.41. The van der Waals surface area contributed by atoms with Gasteiger partial charge in [-0.2, -0.15) is 0 Å². The van der Waals surface area contributed by atoms with Gasteiger partial charge in [0.05, 0.1) is 4.91 Å². The third-order valence-corrected chi connectivity index (χ3v) is 5.46. The van der Waals surface area contributed by atoms with E-state index >= 15 is 0 Å². The van der Waals surface area contributed by atoms with Gasteiger partial charge in [0.1, 0.15) is 5.69 Å². The number of ketones is 2. The first-order valence-corrected chi connectivity index (χ1v) is 10.7. The van der Waals surface area contributed by atoms with Gasteiger partial charge in [-0.25, -0.2) is 0 Å². The largest absolute Gasteiger partial charge is 0.292 e. The molecule has 0 atom stereocenters. The summed E-state index contributed by atoms with van der Waals surface area (Å²) in [4.78, 5) is 38.2. The van der Waals surface area contributed by atoms with Crippen molar-refractivity contribution in [2.75, 3.05) is 5.43 Å². The Labute approximate surface area is 200 Å². The maximum absolute atomic E-state index is 12.6. The van der Waals surface area contributed by atoms with Gasteiger partial charge in [0, 0.05) is 44.4 Å². The van der Waals surface area contributed by atoms with Crippen molar-refractivity contribution in [1.29, 1.82) is 0 Å². The average Bonchev–Trinajstić information content (AvgIpc) is 2.85. The minimum Gasteiger partial charge on any atom is -0.289 e. The van der Waals surface area contributed by atoms with Crippen LogP contribution >= 0.6 is 23.2 Å². The topological polar surface area (TPSA) is 66.2 Å². The molecule has 0 heterocycles. The zero-order valence-electron chi connectivity index (χ0n) is 17.2. The van der Waals surface area contributed by atoms with Crippen LogP contribution in [0.25, 0.3) is 0 Å². The third kappa shape index (κ3) is 5.34. The Morgan fingerprint density at radius 1 is 0.545 bits per heavy atom. The second-order valence-corrected chi connectivity index (χ2v) is 8.08. The fraction of sp³-hybridized carbons (Fsp3) is 0. The number of benzene rings is 4.